The molecule has 0 spiro atoms. The van der Waals surface area contributed by atoms with Gasteiger partial charge in [-0.25, -0.2) is 9.78 Å². The molecule has 0 atom stereocenters. The average molecular weight is 295 g/mol. The second kappa shape index (κ2) is 4.97. The fourth-order valence-electron chi connectivity index (χ4n) is 1.76. The van der Waals surface area contributed by atoms with Crippen molar-refractivity contribution in [3.05, 3.63) is 41.9 Å². The standard InChI is InChI=1S/C12H13N3O4S/c1-8-4-3-5-9(11(8)12(16)17)14-20(18,19)10-6-15(2)7-13-10/h3-7,14H,1-2H3,(H,16,17). The van der Waals surface area contributed by atoms with Gasteiger partial charge in [-0.3, -0.25) is 4.72 Å². The summed E-state index contributed by atoms with van der Waals surface area (Å²) in [6.07, 6.45) is 2.68. The van der Waals surface area contributed by atoms with Gasteiger partial charge >= 0.3 is 5.97 Å². The molecule has 8 heteroatoms. The van der Waals surface area contributed by atoms with E-state index in [2.05, 4.69) is 9.71 Å². The summed E-state index contributed by atoms with van der Waals surface area (Å²) in [5, 5.41) is 8.99. The van der Waals surface area contributed by atoms with Gasteiger partial charge in [-0.15, -0.1) is 0 Å². The molecule has 20 heavy (non-hydrogen) atoms. The van der Waals surface area contributed by atoms with Crippen molar-refractivity contribution in [1.29, 1.82) is 0 Å². The van der Waals surface area contributed by atoms with Gasteiger partial charge in [-0.05, 0) is 18.6 Å². The Labute approximate surface area is 115 Å². The molecule has 1 aromatic heterocycles. The minimum absolute atomic E-state index is 0.0168. The Bertz CT molecular complexity index is 765. The highest BCUT2D eigenvalue weighted by Gasteiger charge is 2.21. The summed E-state index contributed by atoms with van der Waals surface area (Å²) in [6.45, 7) is 1.60. The summed E-state index contributed by atoms with van der Waals surface area (Å²) >= 11 is 0. The number of imidazole rings is 1. The molecule has 0 fully saturated rings. The van der Waals surface area contributed by atoms with Crippen molar-refractivity contribution in [1.82, 2.24) is 9.55 Å². The highest BCUT2D eigenvalue weighted by atomic mass is 32.2. The van der Waals surface area contributed by atoms with Gasteiger partial charge in [-0.1, -0.05) is 12.1 Å². The Hall–Kier alpha value is -2.35. The first kappa shape index (κ1) is 14.1. The summed E-state index contributed by atoms with van der Waals surface area (Å²) in [4.78, 5) is 15.0. The van der Waals surface area contributed by atoms with Crippen LogP contribution in [-0.4, -0.2) is 29.0 Å². The summed E-state index contributed by atoms with van der Waals surface area (Å²) in [5.74, 6) is -1.19. The Morgan fingerprint density at radius 3 is 2.65 bits per heavy atom. The normalized spacial score (nSPS) is 11.3. The fraction of sp³-hybridized carbons (Fsp3) is 0.167. The minimum Gasteiger partial charge on any atom is -0.478 e. The molecule has 0 aliphatic carbocycles. The van der Waals surface area contributed by atoms with Gasteiger partial charge in [0.1, 0.15) is 0 Å². The van der Waals surface area contributed by atoms with E-state index in [9.17, 15) is 13.2 Å². The number of carboxylic acid groups (broad SMARTS) is 1. The minimum atomic E-state index is -3.91. The number of aryl methyl sites for hydroxylation is 2. The van der Waals surface area contributed by atoms with Crippen LogP contribution in [0.3, 0.4) is 0 Å². The van der Waals surface area contributed by atoms with Crippen molar-refractivity contribution in [3.8, 4) is 0 Å². The fourth-order valence-corrected chi connectivity index (χ4v) is 2.82. The van der Waals surface area contributed by atoms with Crippen molar-refractivity contribution in [2.75, 3.05) is 4.72 Å². The van der Waals surface area contributed by atoms with Gasteiger partial charge in [-0.2, -0.15) is 8.42 Å². The van der Waals surface area contributed by atoms with Crippen molar-refractivity contribution >= 4 is 21.7 Å². The lowest BCUT2D eigenvalue weighted by atomic mass is 10.1. The molecule has 0 saturated carbocycles. The van der Waals surface area contributed by atoms with Crippen LogP contribution in [0.25, 0.3) is 0 Å². The van der Waals surface area contributed by atoms with E-state index in [1.54, 1.807) is 26.1 Å². The van der Waals surface area contributed by atoms with Gasteiger partial charge < -0.3 is 9.67 Å². The molecule has 2 N–H and O–H groups in total. The molecular formula is C12H13N3O4S. The maximum absolute atomic E-state index is 12.1. The van der Waals surface area contributed by atoms with Crippen LogP contribution in [0.15, 0.2) is 35.7 Å². The topological polar surface area (TPSA) is 101 Å². The molecule has 7 nitrogen and oxygen atoms in total. The Balaban J connectivity index is 2.45. The third kappa shape index (κ3) is 2.64. The number of sulfonamides is 1. The van der Waals surface area contributed by atoms with Crippen molar-refractivity contribution < 1.29 is 18.3 Å². The number of carboxylic acids is 1. The number of carbonyl (C=O) groups is 1. The van der Waals surface area contributed by atoms with E-state index in [-0.39, 0.29) is 16.3 Å². The van der Waals surface area contributed by atoms with Crippen LogP contribution in [-0.2, 0) is 17.1 Å². The first-order valence-electron chi connectivity index (χ1n) is 5.65. The quantitative estimate of drug-likeness (QED) is 0.883. The molecular weight excluding hydrogens is 282 g/mol. The smallest absolute Gasteiger partial charge is 0.338 e. The zero-order valence-electron chi connectivity index (χ0n) is 10.9. The predicted molar refractivity (Wildman–Crippen MR) is 72.2 cm³/mol. The van der Waals surface area contributed by atoms with Crippen LogP contribution in [0, 0.1) is 6.92 Å². The molecule has 2 aromatic rings. The molecule has 2 rings (SSSR count). The average Bonchev–Trinajstić information content (AvgIpc) is 2.75. The number of aromatic carboxylic acids is 1. The second-order valence-electron chi connectivity index (χ2n) is 4.29. The number of nitrogens with zero attached hydrogens (tertiary/aromatic N) is 2. The third-order valence-corrected chi connectivity index (χ3v) is 3.94. The molecule has 1 aromatic carbocycles. The highest BCUT2D eigenvalue weighted by molar-refractivity contribution is 7.92. The van der Waals surface area contributed by atoms with E-state index < -0.39 is 16.0 Å². The lowest BCUT2D eigenvalue weighted by Gasteiger charge is -2.10. The number of hydrogen-bond donors (Lipinski definition) is 2. The number of rotatable bonds is 4. The lowest BCUT2D eigenvalue weighted by molar-refractivity contribution is 0.0697. The number of nitrogens with one attached hydrogen (secondary N) is 1. The predicted octanol–water partition coefficient (Wildman–Crippen LogP) is 1.23. The molecule has 0 aliphatic rings. The zero-order chi connectivity index (χ0) is 14.9. The zero-order valence-corrected chi connectivity index (χ0v) is 11.7. The van der Waals surface area contributed by atoms with E-state index in [1.807, 2.05) is 0 Å². The molecule has 0 amide bonds. The van der Waals surface area contributed by atoms with Crippen molar-refractivity contribution in [3.63, 3.8) is 0 Å². The van der Waals surface area contributed by atoms with E-state index in [4.69, 9.17) is 5.11 Å². The molecule has 0 unspecified atom stereocenters. The largest absolute Gasteiger partial charge is 0.478 e. The number of benzene rings is 1. The van der Waals surface area contributed by atoms with Crippen LogP contribution in [0.4, 0.5) is 5.69 Å². The van der Waals surface area contributed by atoms with E-state index >= 15 is 0 Å². The van der Waals surface area contributed by atoms with Gasteiger partial charge in [0.05, 0.1) is 17.6 Å². The maximum atomic E-state index is 12.1. The van der Waals surface area contributed by atoms with Crippen LogP contribution >= 0.6 is 0 Å². The van der Waals surface area contributed by atoms with Gasteiger partial charge in [0.25, 0.3) is 10.0 Å². The number of hydrogen-bond acceptors (Lipinski definition) is 4. The third-order valence-electron chi connectivity index (χ3n) is 2.69. The molecule has 0 radical (unpaired) electrons. The number of anilines is 1. The lowest BCUT2D eigenvalue weighted by Crippen LogP contribution is -2.16. The van der Waals surface area contributed by atoms with E-state index in [0.717, 1.165) is 0 Å². The Morgan fingerprint density at radius 2 is 2.10 bits per heavy atom. The van der Waals surface area contributed by atoms with Gasteiger partial charge in [0.2, 0.25) is 0 Å². The van der Waals surface area contributed by atoms with Crippen LogP contribution in [0.5, 0.6) is 0 Å². The highest BCUT2D eigenvalue weighted by Crippen LogP contribution is 2.22. The maximum Gasteiger partial charge on any atom is 0.338 e. The Morgan fingerprint density at radius 1 is 1.40 bits per heavy atom. The Kier molecular flexibility index (Phi) is 3.49. The van der Waals surface area contributed by atoms with Gasteiger partial charge in [0, 0.05) is 13.2 Å². The van der Waals surface area contributed by atoms with Gasteiger partial charge in [0.15, 0.2) is 5.03 Å². The van der Waals surface area contributed by atoms with Crippen LogP contribution in [0.2, 0.25) is 0 Å². The number of aromatic nitrogens is 2. The molecule has 0 saturated heterocycles. The first-order valence-corrected chi connectivity index (χ1v) is 7.13. The second-order valence-corrected chi connectivity index (χ2v) is 5.91. The van der Waals surface area contributed by atoms with Crippen LogP contribution < -0.4 is 4.72 Å². The van der Waals surface area contributed by atoms with Crippen molar-refractivity contribution in [2.24, 2.45) is 7.05 Å². The monoisotopic (exact) mass is 295 g/mol. The molecule has 0 bridgehead atoms. The summed E-state index contributed by atoms with van der Waals surface area (Å²) in [7, 11) is -2.27. The molecule has 1 heterocycles. The summed E-state index contributed by atoms with van der Waals surface area (Å²) in [5.41, 5.74) is 0.411. The SMILES string of the molecule is Cc1cccc(NS(=O)(=O)c2cn(C)cn2)c1C(=O)O. The summed E-state index contributed by atoms with van der Waals surface area (Å²) < 4.78 is 28.0. The molecule has 0 aliphatic heterocycles. The van der Waals surface area contributed by atoms with E-state index in [0.29, 0.717) is 5.56 Å². The summed E-state index contributed by atoms with van der Waals surface area (Å²) in [6, 6.07) is 4.58. The van der Waals surface area contributed by atoms with Crippen molar-refractivity contribution in [2.45, 2.75) is 11.9 Å². The molecule has 106 valence electrons. The first-order chi connectivity index (χ1) is 9.31. The van der Waals surface area contributed by atoms with Crippen LogP contribution in [0.1, 0.15) is 15.9 Å². The van der Waals surface area contributed by atoms with E-state index in [1.165, 1.54) is 23.2 Å².